The summed E-state index contributed by atoms with van der Waals surface area (Å²) in [6.07, 6.45) is 1.48. The van der Waals surface area contributed by atoms with E-state index in [1.165, 1.54) is 11.2 Å². The van der Waals surface area contributed by atoms with Crippen LogP contribution in [0, 0.1) is 0 Å². The molecule has 1 saturated heterocycles. The van der Waals surface area contributed by atoms with Crippen LogP contribution in [0.4, 0.5) is 5.69 Å². The van der Waals surface area contributed by atoms with Gasteiger partial charge in [0.05, 0.1) is 46.1 Å². The summed E-state index contributed by atoms with van der Waals surface area (Å²) in [5.41, 5.74) is 0.614. The Bertz CT molecular complexity index is 875. The average molecular weight is 415 g/mol. The highest BCUT2D eigenvalue weighted by Gasteiger charge is 2.28. The van der Waals surface area contributed by atoms with Crippen molar-refractivity contribution in [2.75, 3.05) is 58.7 Å². The van der Waals surface area contributed by atoms with Crippen LogP contribution in [0.5, 0.6) is 5.75 Å². The second-order valence-corrected chi connectivity index (χ2v) is 7.23. The molecule has 0 saturated carbocycles. The van der Waals surface area contributed by atoms with Gasteiger partial charge in [-0.05, 0) is 24.3 Å². The number of benzene rings is 1. The average Bonchev–Trinajstić information content (AvgIpc) is 3.28. The predicted molar refractivity (Wildman–Crippen MR) is 109 cm³/mol. The van der Waals surface area contributed by atoms with Gasteiger partial charge in [0.15, 0.2) is 12.3 Å². The molecule has 160 valence electrons. The quantitative estimate of drug-likeness (QED) is 0.649. The molecule has 3 rings (SSSR count). The number of carbonyl (C=O) groups excluding carboxylic acids is 3. The number of carbonyl (C=O) groups is 3. The molecule has 1 fully saturated rings. The molecule has 9 heteroatoms. The van der Waals surface area contributed by atoms with E-state index in [1.807, 2.05) is 0 Å². The number of furan rings is 1. The molecule has 2 heterocycles. The van der Waals surface area contributed by atoms with E-state index >= 15 is 0 Å². The van der Waals surface area contributed by atoms with Crippen molar-refractivity contribution in [2.45, 2.75) is 0 Å². The van der Waals surface area contributed by atoms with Gasteiger partial charge in [0.1, 0.15) is 5.75 Å². The van der Waals surface area contributed by atoms with Crippen molar-refractivity contribution in [2.24, 2.45) is 0 Å². The van der Waals surface area contributed by atoms with E-state index in [-0.39, 0.29) is 30.8 Å². The van der Waals surface area contributed by atoms with E-state index in [1.54, 1.807) is 55.5 Å². The molecule has 1 aliphatic heterocycles. The molecule has 3 amide bonds. The SMILES string of the molecule is COc1cccc(NC(=O)CN(C)C(=O)C[NH+]2CCN(C(=O)c3ccco3)CC2)c1. The molecule has 2 N–H and O–H groups in total. The molecular formula is C21H27N4O5+. The molecule has 1 aliphatic rings. The molecule has 30 heavy (non-hydrogen) atoms. The van der Waals surface area contributed by atoms with Gasteiger partial charge in [0.25, 0.3) is 11.8 Å². The van der Waals surface area contributed by atoms with Gasteiger partial charge in [-0.1, -0.05) is 6.07 Å². The maximum absolute atomic E-state index is 12.5. The molecule has 0 radical (unpaired) electrons. The third kappa shape index (κ3) is 5.60. The monoisotopic (exact) mass is 415 g/mol. The van der Waals surface area contributed by atoms with E-state index in [0.29, 0.717) is 43.4 Å². The summed E-state index contributed by atoms with van der Waals surface area (Å²) in [4.78, 5) is 41.3. The Labute approximate surface area is 175 Å². The van der Waals surface area contributed by atoms with Crippen molar-refractivity contribution in [3.05, 3.63) is 48.4 Å². The number of likely N-dealkylation sites (N-methyl/N-ethyl adjacent to an activating group) is 1. The first-order valence-electron chi connectivity index (χ1n) is 9.80. The summed E-state index contributed by atoms with van der Waals surface area (Å²) in [6, 6.07) is 10.4. The van der Waals surface area contributed by atoms with Crippen LogP contribution in [0.2, 0.25) is 0 Å². The van der Waals surface area contributed by atoms with Gasteiger partial charge >= 0.3 is 0 Å². The van der Waals surface area contributed by atoms with Crippen LogP contribution < -0.4 is 15.0 Å². The van der Waals surface area contributed by atoms with E-state index in [2.05, 4.69) is 5.32 Å². The maximum Gasteiger partial charge on any atom is 0.289 e. The topological polar surface area (TPSA) is 96.5 Å². The van der Waals surface area contributed by atoms with Crippen molar-refractivity contribution < 1.29 is 28.4 Å². The van der Waals surface area contributed by atoms with Crippen molar-refractivity contribution in [1.82, 2.24) is 9.80 Å². The van der Waals surface area contributed by atoms with Gasteiger partial charge in [-0.25, -0.2) is 0 Å². The fourth-order valence-corrected chi connectivity index (χ4v) is 3.31. The lowest BCUT2D eigenvalue weighted by atomic mass is 10.2. The minimum atomic E-state index is -0.275. The predicted octanol–water partition coefficient (Wildman–Crippen LogP) is -0.274. The number of hydrogen-bond donors (Lipinski definition) is 2. The van der Waals surface area contributed by atoms with E-state index < -0.39 is 0 Å². The molecular weight excluding hydrogens is 388 g/mol. The molecule has 1 aromatic carbocycles. The summed E-state index contributed by atoms with van der Waals surface area (Å²) in [6.45, 7) is 2.70. The highest BCUT2D eigenvalue weighted by Crippen LogP contribution is 2.16. The molecule has 9 nitrogen and oxygen atoms in total. The van der Waals surface area contributed by atoms with Crippen LogP contribution in [-0.4, -0.2) is 80.9 Å². The van der Waals surface area contributed by atoms with E-state index in [9.17, 15) is 14.4 Å². The lowest BCUT2D eigenvalue weighted by Gasteiger charge is -2.32. The number of quaternary nitrogens is 1. The molecule has 0 atom stereocenters. The third-order valence-electron chi connectivity index (χ3n) is 5.05. The minimum Gasteiger partial charge on any atom is -0.497 e. The van der Waals surface area contributed by atoms with Crippen molar-refractivity contribution >= 4 is 23.4 Å². The normalized spacial score (nSPS) is 14.3. The Morgan fingerprint density at radius 3 is 2.63 bits per heavy atom. The summed E-state index contributed by atoms with van der Waals surface area (Å²) >= 11 is 0. The third-order valence-corrected chi connectivity index (χ3v) is 5.05. The van der Waals surface area contributed by atoms with Crippen LogP contribution in [0.3, 0.4) is 0 Å². The second-order valence-electron chi connectivity index (χ2n) is 7.23. The van der Waals surface area contributed by atoms with Gasteiger partial charge in [0, 0.05) is 18.8 Å². The summed E-state index contributed by atoms with van der Waals surface area (Å²) < 4.78 is 10.3. The number of amides is 3. The zero-order chi connectivity index (χ0) is 21.5. The number of ether oxygens (including phenoxy) is 1. The van der Waals surface area contributed by atoms with Crippen LogP contribution in [0.1, 0.15) is 10.6 Å². The first kappa shape index (κ1) is 21.4. The first-order chi connectivity index (χ1) is 14.5. The summed E-state index contributed by atoms with van der Waals surface area (Å²) in [7, 11) is 3.17. The summed E-state index contributed by atoms with van der Waals surface area (Å²) in [5, 5.41) is 2.76. The number of rotatable bonds is 7. The fourth-order valence-electron chi connectivity index (χ4n) is 3.31. The van der Waals surface area contributed by atoms with Crippen LogP contribution in [-0.2, 0) is 9.59 Å². The van der Waals surface area contributed by atoms with Crippen molar-refractivity contribution in [3.8, 4) is 5.75 Å². The van der Waals surface area contributed by atoms with Gasteiger partial charge < -0.3 is 29.2 Å². The zero-order valence-corrected chi connectivity index (χ0v) is 17.2. The molecule has 0 bridgehead atoms. The second kappa shape index (κ2) is 9.93. The zero-order valence-electron chi connectivity index (χ0n) is 17.2. The van der Waals surface area contributed by atoms with Gasteiger partial charge in [-0.2, -0.15) is 0 Å². The molecule has 0 aliphatic carbocycles. The van der Waals surface area contributed by atoms with E-state index in [0.717, 1.165) is 4.90 Å². The Balaban J connectivity index is 1.42. The highest BCUT2D eigenvalue weighted by molar-refractivity contribution is 5.94. The van der Waals surface area contributed by atoms with Crippen LogP contribution in [0.15, 0.2) is 47.1 Å². The minimum absolute atomic E-state index is 0.0353. The van der Waals surface area contributed by atoms with Crippen molar-refractivity contribution in [3.63, 3.8) is 0 Å². The molecule has 2 aromatic rings. The standard InChI is InChI=1S/C21H26N4O5/c1-23(14-19(26)22-16-5-3-6-17(13-16)29-2)20(27)15-24-8-10-25(11-9-24)21(28)18-7-4-12-30-18/h3-7,12-13H,8-11,14-15H2,1-2H3,(H,22,26)/p+1. The lowest BCUT2D eigenvalue weighted by molar-refractivity contribution is -0.896. The Morgan fingerprint density at radius 1 is 1.20 bits per heavy atom. The smallest absolute Gasteiger partial charge is 0.289 e. The van der Waals surface area contributed by atoms with Gasteiger partial charge in [-0.15, -0.1) is 0 Å². The number of nitrogens with one attached hydrogen (secondary N) is 2. The van der Waals surface area contributed by atoms with Gasteiger partial charge in [0.2, 0.25) is 5.91 Å². The molecule has 0 unspecified atom stereocenters. The van der Waals surface area contributed by atoms with Crippen molar-refractivity contribution in [1.29, 1.82) is 0 Å². The Morgan fingerprint density at radius 2 is 1.97 bits per heavy atom. The largest absolute Gasteiger partial charge is 0.497 e. The number of nitrogens with zero attached hydrogens (tertiary/aromatic N) is 2. The van der Waals surface area contributed by atoms with Crippen LogP contribution >= 0.6 is 0 Å². The Hall–Kier alpha value is -3.33. The number of piperazine rings is 1. The van der Waals surface area contributed by atoms with Gasteiger partial charge in [-0.3, -0.25) is 14.4 Å². The maximum atomic E-state index is 12.5. The van der Waals surface area contributed by atoms with E-state index in [4.69, 9.17) is 9.15 Å². The summed E-state index contributed by atoms with van der Waals surface area (Å²) in [5.74, 6) is 0.457. The number of anilines is 1. The highest BCUT2D eigenvalue weighted by atomic mass is 16.5. The Kier molecular flexibility index (Phi) is 7.08. The van der Waals surface area contributed by atoms with Crippen LogP contribution in [0.25, 0.3) is 0 Å². The first-order valence-corrected chi connectivity index (χ1v) is 9.80. The number of methoxy groups -OCH3 is 1. The fraction of sp³-hybridized carbons (Fsp3) is 0.381. The number of hydrogen-bond acceptors (Lipinski definition) is 5. The lowest BCUT2D eigenvalue weighted by Crippen LogP contribution is -3.15. The molecule has 1 aromatic heterocycles. The molecule has 0 spiro atoms.